The molecule has 1 heterocycles. The number of nitro groups is 1. The van der Waals surface area contributed by atoms with Crippen LogP contribution in [0.4, 0.5) is 5.69 Å². The normalized spacial score (nSPS) is 10.3. The first kappa shape index (κ1) is 16.0. The Bertz CT molecular complexity index is 733. The van der Waals surface area contributed by atoms with Crippen LogP contribution in [-0.2, 0) is 6.73 Å². The second-order valence-electron chi connectivity index (χ2n) is 3.98. The summed E-state index contributed by atoms with van der Waals surface area (Å²) < 4.78 is 6.50. The van der Waals surface area contributed by atoms with E-state index in [1.807, 2.05) is 5.43 Å². The molecule has 3 N–H and O–H groups in total. The average molecular weight is 346 g/mol. The lowest BCUT2D eigenvalue weighted by molar-refractivity contribution is -0.386. The first-order chi connectivity index (χ1) is 10.4. The molecule has 0 aliphatic carbocycles. The van der Waals surface area contributed by atoms with E-state index in [0.29, 0.717) is 0 Å². The molecule has 1 aromatic carbocycles. The van der Waals surface area contributed by atoms with E-state index < -0.39 is 10.8 Å². The van der Waals surface area contributed by atoms with Gasteiger partial charge in [-0.3, -0.25) is 20.3 Å². The van der Waals surface area contributed by atoms with Crippen LogP contribution < -0.4 is 16.0 Å². The zero-order valence-electron chi connectivity index (χ0n) is 10.8. The van der Waals surface area contributed by atoms with Crippen LogP contribution in [-0.4, -0.2) is 20.6 Å². The molecular weight excluding hydrogens is 337 g/mol. The third-order valence-electron chi connectivity index (χ3n) is 2.53. The number of nitrogens with zero attached hydrogens (tertiary/aromatic N) is 3. The summed E-state index contributed by atoms with van der Waals surface area (Å²) >= 11 is 11.5. The molecule has 116 valence electrons. The fourth-order valence-electron chi connectivity index (χ4n) is 1.58. The summed E-state index contributed by atoms with van der Waals surface area (Å²) in [5.41, 5.74) is 1.52. The Hall–Kier alpha value is -2.36. The van der Waals surface area contributed by atoms with Crippen LogP contribution in [0, 0.1) is 10.1 Å². The van der Waals surface area contributed by atoms with Crippen molar-refractivity contribution in [3.63, 3.8) is 0 Å². The maximum atomic E-state index is 11.4. The van der Waals surface area contributed by atoms with Crippen molar-refractivity contribution in [1.82, 2.24) is 15.2 Å². The van der Waals surface area contributed by atoms with E-state index in [0.717, 1.165) is 0 Å². The largest absolute Gasteiger partial charge is 0.464 e. The lowest BCUT2D eigenvalue weighted by Gasteiger charge is -2.06. The van der Waals surface area contributed by atoms with Gasteiger partial charge in [-0.15, -0.1) is 0 Å². The van der Waals surface area contributed by atoms with E-state index in [-0.39, 0.29) is 33.9 Å². The van der Waals surface area contributed by atoms with E-state index in [1.54, 1.807) is 0 Å². The highest BCUT2D eigenvalue weighted by molar-refractivity contribution is 6.33. The fourth-order valence-corrected chi connectivity index (χ4v) is 1.98. The van der Waals surface area contributed by atoms with E-state index in [9.17, 15) is 14.9 Å². The number of carbonyl (C=O) groups is 1. The molecule has 0 atom stereocenters. The summed E-state index contributed by atoms with van der Waals surface area (Å²) in [5, 5.41) is 15.1. The number of rotatable bonds is 5. The van der Waals surface area contributed by atoms with Gasteiger partial charge in [0.25, 0.3) is 5.91 Å². The topological polar surface area (TPSA) is 125 Å². The minimum atomic E-state index is -0.666. The number of nitrogen functional groups attached to an aromatic ring is 1. The molecule has 1 aromatic heterocycles. The van der Waals surface area contributed by atoms with Crippen molar-refractivity contribution >= 4 is 34.8 Å². The molecule has 0 radical (unpaired) electrons. The Morgan fingerprint density at radius 2 is 2.23 bits per heavy atom. The number of benzene rings is 1. The molecule has 2 rings (SSSR count). The predicted octanol–water partition coefficient (Wildman–Crippen LogP) is 1.74. The van der Waals surface area contributed by atoms with Crippen LogP contribution in [0.25, 0.3) is 0 Å². The van der Waals surface area contributed by atoms with Crippen LogP contribution in [0.15, 0.2) is 24.4 Å². The molecule has 2 aromatic rings. The molecule has 0 aliphatic rings. The first-order valence-electron chi connectivity index (χ1n) is 5.73. The van der Waals surface area contributed by atoms with Crippen molar-refractivity contribution in [3.05, 3.63) is 50.2 Å². The number of nitrogens with one attached hydrogen (secondary N) is 1. The van der Waals surface area contributed by atoms with Crippen LogP contribution in [0.2, 0.25) is 10.0 Å². The summed E-state index contributed by atoms with van der Waals surface area (Å²) in [5.74, 6) is 4.33. The number of aromatic nitrogens is 2. The summed E-state index contributed by atoms with van der Waals surface area (Å²) in [6.07, 6.45) is 1.33. The molecule has 1 amide bonds. The molecule has 0 saturated heterocycles. The average Bonchev–Trinajstić information content (AvgIpc) is 2.86. The monoisotopic (exact) mass is 345 g/mol. The number of carbonyl (C=O) groups excluding carboxylic acids is 1. The zero-order valence-corrected chi connectivity index (χ0v) is 12.3. The Morgan fingerprint density at radius 3 is 2.86 bits per heavy atom. The van der Waals surface area contributed by atoms with Gasteiger partial charge < -0.3 is 4.74 Å². The Labute approximate surface area is 133 Å². The van der Waals surface area contributed by atoms with Crippen LogP contribution in [0.3, 0.4) is 0 Å². The summed E-state index contributed by atoms with van der Waals surface area (Å²) in [4.78, 5) is 21.7. The van der Waals surface area contributed by atoms with Gasteiger partial charge in [0.2, 0.25) is 0 Å². The number of halogens is 2. The maximum absolute atomic E-state index is 11.4. The van der Waals surface area contributed by atoms with Crippen molar-refractivity contribution in [3.8, 4) is 5.75 Å². The van der Waals surface area contributed by atoms with Gasteiger partial charge in [-0.1, -0.05) is 23.2 Å². The van der Waals surface area contributed by atoms with Crippen LogP contribution in [0.1, 0.15) is 10.5 Å². The lowest BCUT2D eigenvalue weighted by Crippen LogP contribution is -2.30. The van der Waals surface area contributed by atoms with Crippen molar-refractivity contribution in [1.29, 1.82) is 0 Å². The highest BCUT2D eigenvalue weighted by Gasteiger charge is 2.17. The van der Waals surface area contributed by atoms with Gasteiger partial charge in [-0.05, 0) is 12.1 Å². The molecule has 0 spiro atoms. The van der Waals surface area contributed by atoms with Gasteiger partial charge in [0, 0.05) is 17.3 Å². The van der Waals surface area contributed by atoms with E-state index in [2.05, 4.69) is 5.10 Å². The molecular formula is C11H9Cl2N5O4. The number of ether oxygens (including phenoxy) is 1. The molecule has 0 saturated carbocycles. The second kappa shape index (κ2) is 6.60. The summed E-state index contributed by atoms with van der Waals surface area (Å²) in [7, 11) is 0. The minimum absolute atomic E-state index is 0.00542. The molecule has 0 bridgehead atoms. The Kier molecular flexibility index (Phi) is 4.81. The number of amides is 1. The van der Waals surface area contributed by atoms with Crippen LogP contribution >= 0.6 is 23.2 Å². The Morgan fingerprint density at radius 1 is 1.50 bits per heavy atom. The van der Waals surface area contributed by atoms with Crippen molar-refractivity contribution in [2.24, 2.45) is 5.84 Å². The quantitative estimate of drug-likeness (QED) is 0.368. The molecule has 0 aliphatic heterocycles. The SMILES string of the molecule is NNC(=O)c1nn(COc2ccc(Cl)cc2[N+](=O)[O-])cc1Cl. The van der Waals surface area contributed by atoms with Crippen molar-refractivity contribution in [2.45, 2.75) is 6.73 Å². The fraction of sp³-hybridized carbons (Fsp3) is 0.0909. The lowest BCUT2D eigenvalue weighted by atomic mass is 10.3. The zero-order chi connectivity index (χ0) is 16.3. The highest BCUT2D eigenvalue weighted by Crippen LogP contribution is 2.30. The van der Waals surface area contributed by atoms with Gasteiger partial charge >= 0.3 is 5.69 Å². The van der Waals surface area contributed by atoms with Crippen molar-refractivity contribution in [2.75, 3.05) is 0 Å². The van der Waals surface area contributed by atoms with E-state index >= 15 is 0 Å². The predicted molar refractivity (Wildman–Crippen MR) is 77.6 cm³/mol. The summed E-state index contributed by atoms with van der Waals surface area (Å²) in [6, 6.07) is 3.98. The highest BCUT2D eigenvalue weighted by atomic mass is 35.5. The van der Waals surface area contributed by atoms with Crippen molar-refractivity contribution < 1.29 is 14.5 Å². The number of hydrogen-bond donors (Lipinski definition) is 2. The third-order valence-corrected chi connectivity index (χ3v) is 3.04. The van der Waals surface area contributed by atoms with Gasteiger partial charge in [0.15, 0.2) is 18.2 Å². The van der Waals surface area contributed by atoms with E-state index in [4.69, 9.17) is 33.8 Å². The molecule has 22 heavy (non-hydrogen) atoms. The Balaban J connectivity index is 2.17. The van der Waals surface area contributed by atoms with Gasteiger partial charge in [0.1, 0.15) is 0 Å². The van der Waals surface area contributed by atoms with Gasteiger partial charge in [-0.25, -0.2) is 10.5 Å². The maximum Gasteiger partial charge on any atom is 0.312 e. The second-order valence-corrected chi connectivity index (χ2v) is 4.82. The smallest absolute Gasteiger partial charge is 0.312 e. The third kappa shape index (κ3) is 3.45. The van der Waals surface area contributed by atoms with Gasteiger partial charge in [0.05, 0.1) is 9.95 Å². The number of hydrazine groups is 1. The standard InChI is InChI=1S/C11H9Cl2N5O4/c12-6-1-2-9(8(3-6)18(20)21)22-5-17-4-7(13)10(16-17)11(19)15-14/h1-4H,5,14H2,(H,15,19). The molecule has 9 nitrogen and oxygen atoms in total. The van der Waals surface area contributed by atoms with E-state index in [1.165, 1.54) is 29.1 Å². The molecule has 0 unspecified atom stereocenters. The number of nitrogens with two attached hydrogens (primary N) is 1. The minimum Gasteiger partial charge on any atom is -0.464 e. The van der Waals surface area contributed by atoms with Crippen LogP contribution in [0.5, 0.6) is 5.75 Å². The number of nitro benzene ring substituents is 1. The first-order valence-corrected chi connectivity index (χ1v) is 6.48. The molecule has 11 heteroatoms. The number of hydrogen-bond acceptors (Lipinski definition) is 6. The molecule has 0 fully saturated rings. The summed E-state index contributed by atoms with van der Waals surface area (Å²) in [6.45, 7) is -0.194. The van der Waals surface area contributed by atoms with Gasteiger partial charge in [-0.2, -0.15) is 5.10 Å².